The first-order valence-corrected chi connectivity index (χ1v) is 9.92. The molecule has 0 aromatic carbocycles. The summed E-state index contributed by atoms with van der Waals surface area (Å²) in [4.78, 5) is 29.2. The summed E-state index contributed by atoms with van der Waals surface area (Å²) in [6, 6.07) is 1.87. The minimum absolute atomic E-state index is 0.0819. The Balaban J connectivity index is 1.77. The van der Waals surface area contributed by atoms with Crippen LogP contribution in [-0.2, 0) is 27.9 Å². The number of aryl methyl sites for hydroxylation is 1. The fourth-order valence-corrected chi connectivity index (χ4v) is 3.39. The highest BCUT2D eigenvalue weighted by molar-refractivity contribution is 6.04. The Morgan fingerprint density at radius 1 is 1.40 bits per heavy atom. The van der Waals surface area contributed by atoms with Gasteiger partial charge in [0, 0.05) is 44.9 Å². The number of hydrogen-bond donors (Lipinski definition) is 2. The van der Waals surface area contributed by atoms with Gasteiger partial charge in [0.2, 0.25) is 0 Å². The summed E-state index contributed by atoms with van der Waals surface area (Å²) < 4.78 is 12.4. The normalized spacial score (nSPS) is 14.2. The van der Waals surface area contributed by atoms with Gasteiger partial charge in [-0.2, -0.15) is 5.10 Å². The molecule has 3 heterocycles. The lowest BCUT2D eigenvalue weighted by atomic mass is 10.0. The minimum atomic E-state index is -0.526. The molecule has 0 aliphatic carbocycles. The van der Waals surface area contributed by atoms with Crippen molar-refractivity contribution in [3.8, 4) is 11.3 Å². The van der Waals surface area contributed by atoms with Crippen LogP contribution in [0.4, 0.5) is 5.82 Å². The molecule has 2 aromatic rings. The van der Waals surface area contributed by atoms with Gasteiger partial charge in [-0.3, -0.25) is 14.3 Å². The van der Waals surface area contributed by atoms with Gasteiger partial charge in [0.15, 0.2) is 0 Å². The molecule has 1 aliphatic rings. The molecule has 9 heteroatoms. The number of anilines is 1. The van der Waals surface area contributed by atoms with Gasteiger partial charge in [-0.1, -0.05) is 0 Å². The number of esters is 1. The van der Waals surface area contributed by atoms with E-state index in [1.807, 2.05) is 40.1 Å². The molecule has 9 nitrogen and oxygen atoms in total. The van der Waals surface area contributed by atoms with E-state index in [1.54, 1.807) is 18.0 Å². The number of pyridine rings is 1. The van der Waals surface area contributed by atoms with E-state index in [-0.39, 0.29) is 24.2 Å². The van der Waals surface area contributed by atoms with Gasteiger partial charge >= 0.3 is 5.97 Å². The Morgan fingerprint density at radius 2 is 2.17 bits per heavy atom. The van der Waals surface area contributed by atoms with E-state index in [2.05, 4.69) is 20.7 Å². The zero-order chi connectivity index (χ0) is 21.9. The smallest absolute Gasteiger partial charge is 0.306 e. The Labute approximate surface area is 176 Å². The first-order chi connectivity index (χ1) is 14.2. The number of nitrogens with zero attached hydrogens (tertiary/aromatic N) is 3. The topological polar surface area (TPSA) is 107 Å². The molecule has 1 atom stereocenters. The maximum atomic E-state index is 12.3. The fraction of sp³-hybridized carbons (Fsp3) is 0.524. The third-order valence-electron chi connectivity index (χ3n) is 4.60. The lowest BCUT2D eigenvalue weighted by Crippen LogP contribution is -2.28. The van der Waals surface area contributed by atoms with Crippen LogP contribution in [0.2, 0.25) is 0 Å². The van der Waals surface area contributed by atoms with Crippen molar-refractivity contribution >= 4 is 17.7 Å². The van der Waals surface area contributed by atoms with Crippen molar-refractivity contribution in [2.45, 2.75) is 39.3 Å². The van der Waals surface area contributed by atoms with Crippen molar-refractivity contribution < 1.29 is 19.1 Å². The number of aromatic nitrogens is 3. The van der Waals surface area contributed by atoms with E-state index < -0.39 is 5.60 Å². The molecule has 30 heavy (non-hydrogen) atoms. The minimum Gasteiger partial charge on any atom is -0.460 e. The third kappa shape index (κ3) is 5.35. The molecule has 3 rings (SSSR count). The standard InChI is InChI=1S/C21H29N5O4/c1-21(2,3)30-17(27)6-13(12-29-5)8-22-16-7-14-9-23-20(28)18(14)19(25-16)15-10-24-26(4)11-15/h7,10-11,13H,6,8-9,12H2,1-5H3,(H,22,25)(H,23,28)/t13-/m1/s1. The van der Waals surface area contributed by atoms with Gasteiger partial charge < -0.3 is 20.1 Å². The van der Waals surface area contributed by atoms with Crippen molar-refractivity contribution in [3.63, 3.8) is 0 Å². The number of ether oxygens (including phenoxy) is 2. The SMILES string of the molecule is COC[C@@H](CNc1cc2c(c(-c3cnn(C)c3)n1)C(=O)NC2)CC(=O)OC(C)(C)C. The Hall–Kier alpha value is -2.94. The van der Waals surface area contributed by atoms with Gasteiger partial charge in [-0.05, 0) is 32.4 Å². The number of methoxy groups -OCH3 is 1. The van der Waals surface area contributed by atoms with Crippen molar-refractivity contribution in [3.05, 3.63) is 29.6 Å². The van der Waals surface area contributed by atoms with Crippen molar-refractivity contribution in [1.82, 2.24) is 20.1 Å². The van der Waals surface area contributed by atoms with Gasteiger partial charge in [-0.15, -0.1) is 0 Å². The van der Waals surface area contributed by atoms with E-state index in [0.717, 1.165) is 11.1 Å². The fourth-order valence-electron chi connectivity index (χ4n) is 3.39. The van der Waals surface area contributed by atoms with Crippen LogP contribution in [0, 0.1) is 5.92 Å². The number of hydrogen-bond acceptors (Lipinski definition) is 7. The average Bonchev–Trinajstić information content (AvgIpc) is 3.24. The van der Waals surface area contributed by atoms with Crippen LogP contribution in [0.25, 0.3) is 11.3 Å². The van der Waals surface area contributed by atoms with Crippen LogP contribution < -0.4 is 10.6 Å². The maximum absolute atomic E-state index is 12.3. The highest BCUT2D eigenvalue weighted by atomic mass is 16.6. The number of rotatable bonds is 8. The second kappa shape index (κ2) is 8.83. The molecule has 0 spiro atoms. The van der Waals surface area contributed by atoms with E-state index in [4.69, 9.17) is 9.47 Å². The van der Waals surface area contributed by atoms with E-state index >= 15 is 0 Å². The number of amides is 1. The van der Waals surface area contributed by atoms with Crippen LogP contribution in [0.15, 0.2) is 18.5 Å². The number of carbonyl (C=O) groups is 2. The van der Waals surface area contributed by atoms with Gasteiger partial charge in [0.05, 0.1) is 30.5 Å². The largest absolute Gasteiger partial charge is 0.460 e. The van der Waals surface area contributed by atoms with Gasteiger partial charge in [0.25, 0.3) is 5.91 Å². The summed E-state index contributed by atoms with van der Waals surface area (Å²) in [6.07, 6.45) is 3.75. The molecule has 0 radical (unpaired) electrons. The lowest BCUT2D eigenvalue weighted by Gasteiger charge is -2.22. The highest BCUT2D eigenvalue weighted by Crippen LogP contribution is 2.29. The number of nitrogens with one attached hydrogen (secondary N) is 2. The zero-order valence-corrected chi connectivity index (χ0v) is 18.1. The Bertz CT molecular complexity index is 932. The second-order valence-corrected chi connectivity index (χ2v) is 8.47. The highest BCUT2D eigenvalue weighted by Gasteiger charge is 2.27. The second-order valence-electron chi connectivity index (χ2n) is 8.47. The van der Waals surface area contributed by atoms with Crippen LogP contribution in [0.3, 0.4) is 0 Å². The van der Waals surface area contributed by atoms with Crippen molar-refractivity contribution in [1.29, 1.82) is 0 Å². The molecular weight excluding hydrogens is 386 g/mol. The van der Waals surface area contributed by atoms with E-state index in [9.17, 15) is 9.59 Å². The molecule has 1 amide bonds. The van der Waals surface area contributed by atoms with Crippen LogP contribution in [0.5, 0.6) is 0 Å². The zero-order valence-electron chi connectivity index (χ0n) is 18.1. The monoisotopic (exact) mass is 415 g/mol. The number of carbonyl (C=O) groups excluding carboxylic acids is 2. The molecule has 0 saturated heterocycles. The number of fused-ring (bicyclic) bond motifs is 1. The summed E-state index contributed by atoms with van der Waals surface area (Å²) in [5.41, 5.74) is 2.30. The summed E-state index contributed by atoms with van der Waals surface area (Å²) >= 11 is 0. The molecule has 1 aliphatic heterocycles. The molecule has 162 valence electrons. The summed E-state index contributed by atoms with van der Waals surface area (Å²) in [5, 5.41) is 10.3. The third-order valence-corrected chi connectivity index (χ3v) is 4.60. The summed E-state index contributed by atoms with van der Waals surface area (Å²) in [7, 11) is 3.42. The molecule has 2 aromatic heterocycles. The summed E-state index contributed by atoms with van der Waals surface area (Å²) in [6.45, 7) is 6.88. The quantitative estimate of drug-likeness (QED) is 0.636. The van der Waals surface area contributed by atoms with Crippen LogP contribution in [0.1, 0.15) is 43.1 Å². The molecule has 0 saturated carbocycles. The first-order valence-electron chi connectivity index (χ1n) is 9.92. The lowest BCUT2D eigenvalue weighted by molar-refractivity contribution is -0.156. The van der Waals surface area contributed by atoms with Gasteiger partial charge in [-0.25, -0.2) is 4.98 Å². The molecule has 0 fully saturated rings. The van der Waals surface area contributed by atoms with E-state index in [1.165, 1.54) is 0 Å². The van der Waals surface area contributed by atoms with Gasteiger partial charge in [0.1, 0.15) is 11.4 Å². The molecule has 0 bridgehead atoms. The van der Waals surface area contributed by atoms with Crippen molar-refractivity contribution in [2.24, 2.45) is 13.0 Å². The molecular formula is C21H29N5O4. The predicted molar refractivity (Wildman–Crippen MR) is 112 cm³/mol. The van der Waals surface area contributed by atoms with E-state index in [0.29, 0.717) is 36.8 Å². The molecule has 2 N–H and O–H groups in total. The predicted octanol–water partition coefficient (Wildman–Crippen LogP) is 2.13. The maximum Gasteiger partial charge on any atom is 0.306 e. The van der Waals surface area contributed by atoms with Crippen LogP contribution >= 0.6 is 0 Å². The first kappa shape index (κ1) is 21.8. The van der Waals surface area contributed by atoms with Crippen LogP contribution in [-0.4, -0.2) is 52.5 Å². The average molecular weight is 415 g/mol. The Morgan fingerprint density at radius 3 is 2.80 bits per heavy atom. The van der Waals surface area contributed by atoms with Crippen molar-refractivity contribution in [2.75, 3.05) is 25.6 Å². The summed E-state index contributed by atoms with van der Waals surface area (Å²) in [5.74, 6) is 0.153. The Kier molecular flexibility index (Phi) is 6.40. The molecule has 0 unspecified atom stereocenters.